The number of fused-ring (bicyclic) bond motifs is 1. The van der Waals surface area contributed by atoms with Gasteiger partial charge in [0.25, 0.3) is 0 Å². The van der Waals surface area contributed by atoms with Crippen LogP contribution >= 0.6 is 0 Å². The van der Waals surface area contributed by atoms with E-state index in [2.05, 4.69) is 4.72 Å². The number of sulfone groups is 1. The van der Waals surface area contributed by atoms with Gasteiger partial charge in [0.2, 0.25) is 26.7 Å². The average molecular weight is 460 g/mol. The zero-order chi connectivity index (χ0) is 22.1. The van der Waals surface area contributed by atoms with E-state index in [0.29, 0.717) is 23.5 Å². The molecule has 0 aliphatic carbocycles. The Hall–Kier alpha value is -2.88. The molecule has 0 spiro atoms. The highest BCUT2D eigenvalue weighted by atomic mass is 32.2. The molecule has 4 rings (SSSR count). The van der Waals surface area contributed by atoms with E-state index in [1.54, 1.807) is 31.2 Å². The minimum atomic E-state index is -3.91. The number of hydrogen-bond acceptors (Lipinski definition) is 6. The molecule has 31 heavy (non-hydrogen) atoms. The van der Waals surface area contributed by atoms with Gasteiger partial charge in [0.15, 0.2) is 11.5 Å². The molecule has 0 aromatic heterocycles. The highest BCUT2D eigenvalue weighted by Crippen LogP contribution is 2.32. The first-order valence-electron chi connectivity index (χ1n) is 9.56. The summed E-state index contributed by atoms with van der Waals surface area (Å²) < 4.78 is 64.7. The molecule has 0 fully saturated rings. The number of ether oxygens (including phenoxy) is 2. The average Bonchev–Trinajstić information content (AvgIpc) is 3.22. The summed E-state index contributed by atoms with van der Waals surface area (Å²) >= 11 is 0. The molecular weight excluding hydrogens is 438 g/mol. The topological polar surface area (TPSA) is 98.8 Å². The summed E-state index contributed by atoms with van der Waals surface area (Å²) in [4.78, 5) is -0.0198. The van der Waals surface area contributed by atoms with E-state index in [9.17, 15) is 16.8 Å². The minimum absolute atomic E-state index is 0.0600. The van der Waals surface area contributed by atoms with Crippen molar-refractivity contribution in [3.63, 3.8) is 0 Å². The summed E-state index contributed by atoms with van der Waals surface area (Å²) in [5.41, 5.74) is 1.35. The quantitative estimate of drug-likeness (QED) is 0.583. The Labute approximate surface area is 181 Å². The zero-order valence-electron chi connectivity index (χ0n) is 16.7. The van der Waals surface area contributed by atoms with Crippen molar-refractivity contribution in [1.82, 2.24) is 4.72 Å². The van der Waals surface area contributed by atoms with Gasteiger partial charge in [0.05, 0.1) is 14.7 Å². The lowest BCUT2D eigenvalue weighted by atomic mass is 10.1. The molecular formula is C22H21NO6S2. The first kappa shape index (κ1) is 21.4. The Morgan fingerprint density at radius 2 is 1.58 bits per heavy atom. The number of hydrogen-bond donors (Lipinski definition) is 1. The maximum absolute atomic E-state index is 12.9. The van der Waals surface area contributed by atoms with Crippen molar-refractivity contribution in [2.75, 3.05) is 13.3 Å². The monoisotopic (exact) mass is 459 g/mol. The molecule has 1 aliphatic heterocycles. The number of aryl methyl sites for hydroxylation is 1. The third-order valence-electron chi connectivity index (χ3n) is 4.96. The van der Waals surface area contributed by atoms with E-state index in [0.717, 1.165) is 5.56 Å². The molecule has 0 radical (unpaired) electrons. The van der Waals surface area contributed by atoms with Crippen LogP contribution in [0, 0.1) is 6.92 Å². The van der Waals surface area contributed by atoms with Crippen molar-refractivity contribution in [2.45, 2.75) is 28.0 Å². The smallest absolute Gasteiger partial charge is 0.240 e. The standard InChI is InChI=1S/C22H21NO6S2/c1-16-7-9-19(30(24,25)18-5-3-2-4-6-18)14-22(16)31(26,27)23-12-11-17-8-10-20-21(13-17)29-15-28-20/h2-10,13-14,23H,11-12,15H2,1H3. The van der Waals surface area contributed by atoms with E-state index in [4.69, 9.17) is 9.47 Å². The van der Waals surface area contributed by atoms with Crippen LogP contribution in [0.15, 0.2) is 81.4 Å². The number of nitrogens with one attached hydrogen (secondary N) is 1. The molecule has 3 aromatic carbocycles. The first-order chi connectivity index (χ1) is 14.8. The normalized spacial score (nSPS) is 13.3. The van der Waals surface area contributed by atoms with Gasteiger partial charge in [-0.2, -0.15) is 0 Å². The van der Waals surface area contributed by atoms with E-state index in [-0.39, 0.29) is 28.0 Å². The molecule has 0 saturated heterocycles. The summed E-state index contributed by atoms with van der Waals surface area (Å²) in [7, 11) is -7.73. The van der Waals surface area contributed by atoms with Gasteiger partial charge in [-0.3, -0.25) is 0 Å². The molecule has 3 aromatic rings. The Morgan fingerprint density at radius 3 is 2.35 bits per heavy atom. The van der Waals surface area contributed by atoms with E-state index >= 15 is 0 Å². The van der Waals surface area contributed by atoms with Crippen LogP contribution in [0.1, 0.15) is 11.1 Å². The zero-order valence-corrected chi connectivity index (χ0v) is 18.4. The third-order valence-corrected chi connectivity index (χ3v) is 8.33. The summed E-state index contributed by atoms with van der Waals surface area (Å²) in [5.74, 6) is 1.30. The van der Waals surface area contributed by atoms with Crippen LogP contribution in [0.5, 0.6) is 11.5 Å². The largest absolute Gasteiger partial charge is 0.454 e. The lowest BCUT2D eigenvalue weighted by molar-refractivity contribution is 0.174. The second-order valence-electron chi connectivity index (χ2n) is 7.08. The van der Waals surface area contributed by atoms with Crippen molar-refractivity contribution < 1.29 is 26.3 Å². The van der Waals surface area contributed by atoms with E-state index in [1.807, 2.05) is 12.1 Å². The Kier molecular flexibility index (Phi) is 5.74. The van der Waals surface area contributed by atoms with Gasteiger partial charge in [-0.05, 0) is 60.9 Å². The van der Waals surface area contributed by atoms with Gasteiger partial charge in [0, 0.05) is 6.54 Å². The lowest BCUT2D eigenvalue weighted by Gasteiger charge is -2.12. The van der Waals surface area contributed by atoms with Crippen molar-refractivity contribution >= 4 is 19.9 Å². The molecule has 162 valence electrons. The van der Waals surface area contributed by atoms with Gasteiger partial charge < -0.3 is 9.47 Å². The molecule has 1 aliphatic rings. The van der Waals surface area contributed by atoms with Gasteiger partial charge in [-0.25, -0.2) is 21.6 Å². The molecule has 9 heteroatoms. The van der Waals surface area contributed by atoms with Crippen molar-refractivity contribution in [2.24, 2.45) is 0 Å². The Bertz CT molecular complexity index is 1320. The predicted octanol–water partition coefficient (Wildman–Crippen LogP) is 3.08. The second-order valence-corrected chi connectivity index (χ2v) is 10.8. The fourth-order valence-electron chi connectivity index (χ4n) is 3.28. The summed E-state index contributed by atoms with van der Waals surface area (Å²) in [6.07, 6.45) is 0.441. The number of rotatable bonds is 7. The molecule has 1 N–H and O–H groups in total. The van der Waals surface area contributed by atoms with E-state index < -0.39 is 19.9 Å². The van der Waals surface area contributed by atoms with Crippen LogP contribution < -0.4 is 14.2 Å². The highest BCUT2D eigenvalue weighted by molar-refractivity contribution is 7.91. The van der Waals surface area contributed by atoms with Crippen LogP contribution in [-0.4, -0.2) is 30.2 Å². The minimum Gasteiger partial charge on any atom is -0.454 e. The summed E-state index contributed by atoms with van der Waals surface area (Å²) in [6.45, 7) is 1.95. The fourth-order valence-corrected chi connectivity index (χ4v) is 5.96. The maximum atomic E-state index is 12.9. The fraction of sp³-hybridized carbons (Fsp3) is 0.182. The molecule has 7 nitrogen and oxygen atoms in total. The molecule has 0 atom stereocenters. The molecule has 1 heterocycles. The molecule has 0 unspecified atom stereocenters. The number of benzene rings is 3. The Balaban J connectivity index is 1.53. The van der Waals surface area contributed by atoms with Crippen molar-refractivity contribution in [3.05, 3.63) is 77.9 Å². The van der Waals surface area contributed by atoms with Crippen molar-refractivity contribution in [3.8, 4) is 11.5 Å². The summed E-state index contributed by atoms with van der Waals surface area (Å²) in [6, 6.07) is 17.5. The van der Waals surface area contributed by atoms with Gasteiger partial charge in [-0.1, -0.05) is 30.3 Å². The van der Waals surface area contributed by atoms with Crippen LogP contribution in [0.2, 0.25) is 0 Å². The molecule has 0 bridgehead atoms. The highest BCUT2D eigenvalue weighted by Gasteiger charge is 2.23. The lowest BCUT2D eigenvalue weighted by Crippen LogP contribution is -2.27. The molecule has 0 amide bonds. The Morgan fingerprint density at radius 1 is 0.839 bits per heavy atom. The first-order valence-corrected chi connectivity index (χ1v) is 12.5. The van der Waals surface area contributed by atoms with Crippen LogP contribution in [0.25, 0.3) is 0 Å². The number of sulfonamides is 1. The van der Waals surface area contributed by atoms with Crippen molar-refractivity contribution in [1.29, 1.82) is 0 Å². The van der Waals surface area contributed by atoms with Crippen LogP contribution in [0.3, 0.4) is 0 Å². The third kappa shape index (κ3) is 4.43. The maximum Gasteiger partial charge on any atom is 0.240 e. The van der Waals surface area contributed by atoms with Gasteiger partial charge >= 0.3 is 0 Å². The SMILES string of the molecule is Cc1ccc(S(=O)(=O)c2ccccc2)cc1S(=O)(=O)NCCc1ccc2c(c1)OCO2. The van der Waals surface area contributed by atoms with E-state index in [1.165, 1.54) is 30.3 Å². The van der Waals surface area contributed by atoms with Gasteiger partial charge in [-0.15, -0.1) is 0 Å². The van der Waals surface area contributed by atoms with Crippen LogP contribution in [-0.2, 0) is 26.3 Å². The second kappa shape index (κ2) is 8.33. The summed E-state index contributed by atoms with van der Waals surface area (Å²) in [5, 5.41) is 0. The van der Waals surface area contributed by atoms with Gasteiger partial charge in [0.1, 0.15) is 0 Å². The predicted molar refractivity (Wildman–Crippen MR) is 115 cm³/mol. The van der Waals surface area contributed by atoms with Crippen LogP contribution in [0.4, 0.5) is 0 Å². The molecule has 0 saturated carbocycles.